The molecule has 96 valence electrons. The normalized spacial score (nSPS) is 12.9. The molecule has 0 bridgehead atoms. The van der Waals surface area contributed by atoms with Gasteiger partial charge in [0.25, 0.3) is 0 Å². The Balaban J connectivity index is 1.89. The lowest BCUT2D eigenvalue weighted by Gasteiger charge is -2.20. The highest BCUT2D eigenvalue weighted by molar-refractivity contribution is 9.11. The van der Waals surface area contributed by atoms with Crippen molar-refractivity contribution in [2.45, 2.75) is 12.6 Å². The first-order valence-corrected chi connectivity index (χ1v) is 7.42. The van der Waals surface area contributed by atoms with Crippen molar-refractivity contribution in [1.29, 1.82) is 0 Å². The van der Waals surface area contributed by atoms with Gasteiger partial charge in [0.1, 0.15) is 0 Å². The molecule has 1 aromatic heterocycles. The van der Waals surface area contributed by atoms with Crippen molar-refractivity contribution in [2.75, 3.05) is 13.6 Å². The van der Waals surface area contributed by atoms with Gasteiger partial charge in [-0.2, -0.15) is 0 Å². The number of hydrogen-bond donors (Lipinski definition) is 1. The quantitative estimate of drug-likeness (QED) is 0.906. The summed E-state index contributed by atoms with van der Waals surface area (Å²) in [4.78, 5) is 3.43. The molecule has 2 aromatic rings. The molecule has 0 aliphatic carbocycles. The molecule has 0 unspecified atom stereocenters. The summed E-state index contributed by atoms with van der Waals surface area (Å²) in [7, 11) is 2.03. The van der Waals surface area contributed by atoms with E-state index in [4.69, 9.17) is 0 Å². The predicted molar refractivity (Wildman–Crippen MR) is 79.8 cm³/mol. The van der Waals surface area contributed by atoms with Crippen LogP contribution in [-0.4, -0.2) is 23.6 Å². The maximum atomic E-state index is 10.1. The minimum absolute atomic E-state index is 0.431. The summed E-state index contributed by atoms with van der Waals surface area (Å²) >= 11 is 5.19. The first-order valence-electron chi connectivity index (χ1n) is 5.81. The van der Waals surface area contributed by atoms with E-state index in [0.29, 0.717) is 6.54 Å². The first kappa shape index (κ1) is 13.7. The molecule has 18 heavy (non-hydrogen) atoms. The standard InChI is InChI=1S/C14H16BrNOS/c1-16(9-12-7-8-14(15)18-12)10-13(17)11-5-3-2-4-6-11/h2-8,13,17H,9-10H2,1H3/t13-/m0/s1. The summed E-state index contributed by atoms with van der Waals surface area (Å²) < 4.78 is 1.15. The van der Waals surface area contributed by atoms with Gasteiger partial charge < -0.3 is 5.11 Å². The maximum Gasteiger partial charge on any atom is 0.0916 e. The smallest absolute Gasteiger partial charge is 0.0916 e. The molecular weight excluding hydrogens is 310 g/mol. The number of aliphatic hydroxyl groups excluding tert-OH is 1. The van der Waals surface area contributed by atoms with E-state index in [1.54, 1.807) is 11.3 Å². The fraction of sp³-hybridized carbons (Fsp3) is 0.286. The van der Waals surface area contributed by atoms with Crippen molar-refractivity contribution in [3.05, 3.63) is 56.7 Å². The van der Waals surface area contributed by atoms with Crippen LogP contribution in [0.1, 0.15) is 16.5 Å². The van der Waals surface area contributed by atoms with Crippen molar-refractivity contribution in [1.82, 2.24) is 4.90 Å². The molecular formula is C14H16BrNOS. The molecule has 2 rings (SSSR count). The molecule has 1 heterocycles. The van der Waals surface area contributed by atoms with Crippen molar-refractivity contribution < 1.29 is 5.11 Å². The van der Waals surface area contributed by atoms with Crippen LogP contribution in [0.3, 0.4) is 0 Å². The number of hydrogen-bond acceptors (Lipinski definition) is 3. The Hall–Kier alpha value is -0.680. The Morgan fingerprint density at radius 2 is 1.94 bits per heavy atom. The van der Waals surface area contributed by atoms with Gasteiger partial charge >= 0.3 is 0 Å². The second kappa shape index (κ2) is 6.48. The number of nitrogens with zero attached hydrogens (tertiary/aromatic N) is 1. The molecule has 1 atom stereocenters. The van der Waals surface area contributed by atoms with Gasteiger partial charge in [-0.1, -0.05) is 30.3 Å². The monoisotopic (exact) mass is 325 g/mol. The van der Waals surface area contributed by atoms with Crippen LogP contribution in [0.5, 0.6) is 0 Å². The van der Waals surface area contributed by atoms with E-state index in [0.717, 1.165) is 15.9 Å². The minimum atomic E-state index is -0.431. The second-order valence-corrected chi connectivity index (χ2v) is 6.88. The molecule has 2 nitrogen and oxygen atoms in total. The first-order chi connectivity index (χ1) is 8.65. The van der Waals surface area contributed by atoms with Crippen molar-refractivity contribution >= 4 is 27.3 Å². The van der Waals surface area contributed by atoms with Gasteiger partial charge in [0, 0.05) is 18.0 Å². The summed E-state index contributed by atoms with van der Waals surface area (Å²) in [5.41, 5.74) is 0.969. The number of halogens is 1. The molecule has 1 aromatic carbocycles. The summed E-state index contributed by atoms with van der Waals surface area (Å²) in [6.45, 7) is 1.50. The van der Waals surface area contributed by atoms with E-state index >= 15 is 0 Å². The van der Waals surface area contributed by atoms with Gasteiger partial charge in [0.05, 0.1) is 9.89 Å². The molecule has 0 radical (unpaired) electrons. The summed E-state index contributed by atoms with van der Waals surface area (Å²) in [5.74, 6) is 0. The van der Waals surface area contributed by atoms with E-state index in [-0.39, 0.29) is 0 Å². The van der Waals surface area contributed by atoms with Gasteiger partial charge in [-0.15, -0.1) is 11.3 Å². The lowest BCUT2D eigenvalue weighted by atomic mass is 10.1. The van der Waals surface area contributed by atoms with Crippen molar-refractivity contribution in [2.24, 2.45) is 0 Å². The lowest BCUT2D eigenvalue weighted by Crippen LogP contribution is -2.23. The van der Waals surface area contributed by atoms with Crippen LogP contribution in [0.4, 0.5) is 0 Å². The molecule has 0 aliphatic heterocycles. The minimum Gasteiger partial charge on any atom is -0.387 e. The zero-order chi connectivity index (χ0) is 13.0. The molecule has 0 saturated heterocycles. The second-order valence-electron chi connectivity index (χ2n) is 4.33. The predicted octanol–water partition coefficient (Wildman–Crippen LogP) is 3.68. The molecule has 0 amide bonds. The highest BCUT2D eigenvalue weighted by atomic mass is 79.9. The van der Waals surface area contributed by atoms with Crippen LogP contribution < -0.4 is 0 Å². The zero-order valence-corrected chi connectivity index (χ0v) is 12.6. The molecule has 0 aliphatic rings. The fourth-order valence-corrected chi connectivity index (χ4v) is 3.41. The largest absolute Gasteiger partial charge is 0.387 e. The molecule has 1 N–H and O–H groups in total. The molecule has 0 fully saturated rings. The summed E-state index contributed by atoms with van der Waals surface area (Å²) in [6.07, 6.45) is -0.431. The van der Waals surface area contributed by atoms with E-state index in [9.17, 15) is 5.11 Å². The third kappa shape index (κ3) is 3.92. The van der Waals surface area contributed by atoms with Crippen molar-refractivity contribution in [3.8, 4) is 0 Å². The van der Waals surface area contributed by atoms with E-state index in [2.05, 4.69) is 33.0 Å². The molecule has 4 heteroatoms. The Kier molecular flexibility index (Phi) is 4.95. The summed E-state index contributed by atoms with van der Waals surface area (Å²) in [6, 6.07) is 14.0. The van der Waals surface area contributed by atoms with Gasteiger partial charge in [-0.3, -0.25) is 4.90 Å². The average molecular weight is 326 g/mol. The lowest BCUT2D eigenvalue weighted by molar-refractivity contribution is 0.124. The number of thiophene rings is 1. The third-order valence-corrected chi connectivity index (χ3v) is 4.33. The van der Waals surface area contributed by atoms with Crippen LogP contribution in [-0.2, 0) is 6.54 Å². The van der Waals surface area contributed by atoms with Crippen LogP contribution in [0, 0.1) is 0 Å². The Morgan fingerprint density at radius 3 is 2.56 bits per heavy atom. The van der Waals surface area contributed by atoms with E-state index in [1.165, 1.54) is 4.88 Å². The average Bonchev–Trinajstić information content (AvgIpc) is 2.75. The van der Waals surface area contributed by atoms with Crippen LogP contribution in [0.2, 0.25) is 0 Å². The fourth-order valence-electron chi connectivity index (χ4n) is 1.84. The number of rotatable bonds is 5. The van der Waals surface area contributed by atoms with Gasteiger partial charge in [-0.25, -0.2) is 0 Å². The number of benzene rings is 1. The highest BCUT2D eigenvalue weighted by Gasteiger charge is 2.11. The van der Waals surface area contributed by atoms with Gasteiger partial charge in [-0.05, 0) is 40.7 Å². The van der Waals surface area contributed by atoms with Gasteiger partial charge in [0.15, 0.2) is 0 Å². The van der Waals surface area contributed by atoms with E-state index < -0.39 is 6.10 Å². The number of likely N-dealkylation sites (N-methyl/N-ethyl adjacent to an activating group) is 1. The van der Waals surface area contributed by atoms with Crippen LogP contribution >= 0.6 is 27.3 Å². The Labute approximate surface area is 120 Å². The topological polar surface area (TPSA) is 23.5 Å². The van der Waals surface area contributed by atoms with Crippen LogP contribution in [0.25, 0.3) is 0 Å². The number of aliphatic hydroxyl groups is 1. The Morgan fingerprint density at radius 1 is 1.22 bits per heavy atom. The highest BCUT2D eigenvalue weighted by Crippen LogP contribution is 2.23. The van der Waals surface area contributed by atoms with Gasteiger partial charge in [0.2, 0.25) is 0 Å². The summed E-state index contributed by atoms with van der Waals surface area (Å²) in [5, 5.41) is 10.1. The third-order valence-electron chi connectivity index (χ3n) is 2.72. The molecule has 0 spiro atoms. The maximum absolute atomic E-state index is 10.1. The van der Waals surface area contributed by atoms with Crippen molar-refractivity contribution in [3.63, 3.8) is 0 Å². The van der Waals surface area contributed by atoms with E-state index in [1.807, 2.05) is 37.4 Å². The zero-order valence-electron chi connectivity index (χ0n) is 10.2. The SMILES string of the molecule is CN(Cc1ccc(Br)s1)C[C@H](O)c1ccccc1. The molecule has 0 saturated carbocycles. The Bertz CT molecular complexity index is 486. The van der Waals surface area contributed by atoms with Crippen LogP contribution in [0.15, 0.2) is 46.3 Å².